The van der Waals surface area contributed by atoms with Crippen molar-refractivity contribution < 1.29 is 19.1 Å². The molecule has 1 N–H and O–H groups in total. The van der Waals surface area contributed by atoms with Crippen LogP contribution in [0.25, 0.3) is 0 Å². The van der Waals surface area contributed by atoms with Crippen molar-refractivity contribution in [1.29, 1.82) is 0 Å². The third kappa shape index (κ3) is 5.05. The molecule has 4 rings (SSSR count). The summed E-state index contributed by atoms with van der Waals surface area (Å²) in [6.07, 6.45) is 2.39. The van der Waals surface area contributed by atoms with Crippen LogP contribution in [0.2, 0.25) is 0 Å². The zero-order chi connectivity index (χ0) is 22.5. The molecule has 0 saturated carbocycles. The van der Waals surface area contributed by atoms with E-state index < -0.39 is 0 Å². The van der Waals surface area contributed by atoms with Gasteiger partial charge in [0.05, 0.1) is 43.8 Å². The Balaban J connectivity index is 1.37. The molecule has 2 fully saturated rings. The number of para-hydroxylation sites is 2. The minimum absolute atomic E-state index is 0.0775. The van der Waals surface area contributed by atoms with Gasteiger partial charge in [0, 0.05) is 38.3 Å². The number of carbonyl (C=O) groups is 2. The van der Waals surface area contributed by atoms with Crippen molar-refractivity contribution in [2.75, 3.05) is 58.4 Å². The first-order chi connectivity index (χ1) is 15.5. The number of anilines is 1. The van der Waals surface area contributed by atoms with E-state index in [4.69, 9.17) is 9.47 Å². The topological polar surface area (TPSA) is 96.9 Å². The van der Waals surface area contributed by atoms with Crippen LogP contribution in [0.1, 0.15) is 34.2 Å². The van der Waals surface area contributed by atoms with Gasteiger partial charge in [0.25, 0.3) is 5.91 Å². The largest absolute Gasteiger partial charge is 0.495 e. The summed E-state index contributed by atoms with van der Waals surface area (Å²) in [5, 5.41) is 2.86. The van der Waals surface area contributed by atoms with Crippen molar-refractivity contribution in [3.8, 4) is 5.75 Å². The van der Waals surface area contributed by atoms with E-state index in [9.17, 15) is 9.59 Å². The Morgan fingerprint density at radius 2 is 2.00 bits per heavy atom. The lowest BCUT2D eigenvalue weighted by atomic mass is 10.1. The van der Waals surface area contributed by atoms with E-state index in [0.717, 1.165) is 19.5 Å². The van der Waals surface area contributed by atoms with E-state index in [-0.39, 0.29) is 17.7 Å². The number of aryl methyl sites for hydroxylation is 1. The van der Waals surface area contributed by atoms with E-state index in [1.165, 1.54) is 0 Å². The first-order valence-corrected chi connectivity index (χ1v) is 10.9. The second-order valence-corrected chi connectivity index (χ2v) is 8.10. The number of nitrogens with zero attached hydrogens (tertiary/aromatic N) is 4. The Morgan fingerprint density at radius 3 is 2.75 bits per heavy atom. The number of aromatic nitrogens is 2. The van der Waals surface area contributed by atoms with Gasteiger partial charge in [0.15, 0.2) is 0 Å². The third-order valence-electron chi connectivity index (χ3n) is 5.97. The molecular formula is C23H29N5O4. The Bertz CT molecular complexity index is 977. The molecule has 0 radical (unpaired) electrons. The van der Waals surface area contributed by atoms with Gasteiger partial charge in [-0.15, -0.1) is 0 Å². The predicted molar refractivity (Wildman–Crippen MR) is 119 cm³/mol. The highest BCUT2D eigenvalue weighted by molar-refractivity contribution is 6.05. The summed E-state index contributed by atoms with van der Waals surface area (Å²) in [5.41, 5.74) is 1.62. The van der Waals surface area contributed by atoms with Crippen molar-refractivity contribution in [1.82, 2.24) is 19.8 Å². The molecule has 32 heavy (non-hydrogen) atoms. The SMILES string of the molecule is COc1ccccc1NC(=O)c1cnc([C@@H]2CCN(C(=O)CN3CCOCC3)C2)nc1C. The normalized spacial score (nSPS) is 19.1. The minimum Gasteiger partial charge on any atom is -0.495 e. The molecular weight excluding hydrogens is 410 g/mol. The molecule has 1 aromatic carbocycles. The maximum absolute atomic E-state index is 12.8. The number of amides is 2. The maximum Gasteiger partial charge on any atom is 0.259 e. The predicted octanol–water partition coefficient (Wildman–Crippen LogP) is 1.69. The molecule has 1 atom stereocenters. The number of carbonyl (C=O) groups excluding carboxylic acids is 2. The molecule has 0 unspecified atom stereocenters. The molecule has 170 valence electrons. The summed E-state index contributed by atoms with van der Waals surface area (Å²) < 4.78 is 10.6. The summed E-state index contributed by atoms with van der Waals surface area (Å²) >= 11 is 0. The lowest BCUT2D eigenvalue weighted by Gasteiger charge is -2.28. The summed E-state index contributed by atoms with van der Waals surface area (Å²) in [6, 6.07) is 7.24. The van der Waals surface area contributed by atoms with Crippen molar-refractivity contribution in [2.45, 2.75) is 19.3 Å². The average Bonchev–Trinajstić information content (AvgIpc) is 3.30. The van der Waals surface area contributed by atoms with E-state index in [0.29, 0.717) is 61.4 Å². The van der Waals surface area contributed by atoms with Gasteiger partial charge < -0.3 is 19.7 Å². The second-order valence-electron chi connectivity index (χ2n) is 8.10. The van der Waals surface area contributed by atoms with Crippen LogP contribution in [-0.4, -0.2) is 84.6 Å². The van der Waals surface area contributed by atoms with Crippen LogP contribution in [0.5, 0.6) is 5.75 Å². The molecule has 0 spiro atoms. The third-order valence-corrected chi connectivity index (χ3v) is 5.97. The van der Waals surface area contributed by atoms with Gasteiger partial charge in [-0.2, -0.15) is 0 Å². The Hall–Kier alpha value is -3.04. The van der Waals surface area contributed by atoms with Crippen molar-refractivity contribution in [3.05, 3.63) is 47.5 Å². The highest BCUT2D eigenvalue weighted by Crippen LogP contribution is 2.26. The average molecular weight is 440 g/mol. The van der Waals surface area contributed by atoms with Crippen molar-refractivity contribution >= 4 is 17.5 Å². The lowest BCUT2D eigenvalue weighted by Crippen LogP contribution is -2.44. The number of methoxy groups -OCH3 is 1. The van der Waals surface area contributed by atoms with Gasteiger partial charge in [-0.3, -0.25) is 14.5 Å². The van der Waals surface area contributed by atoms with Gasteiger partial charge in [0.1, 0.15) is 11.6 Å². The standard InChI is InChI=1S/C23H29N5O4/c1-16-18(23(30)26-19-5-3-4-6-20(19)31-2)13-24-22(25-16)17-7-8-28(14-17)21(29)15-27-9-11-32-12-10-27/h3-6,13,17H,7-12,14-15H2,1-2H3,(H,26,30)/t17-/m1/s1. The highest BCUT2D eigenvalue weighted by Gasteiger charge is 2.30. The molecule has 0 aliphatic carbocycles. The smallest absolute Gasteiger partial charge is 0.259 e. The molecule has 2 saturated heterocycles. The molecule has 0 bridgehead atoms. The number of morpholine rings is 1. The number of nitrogens with one attached hydrogen (secondary N) is 1. The second kappa shape index (κ2) is 10.1. The summed E-state index contributed by atoms with van der Waals surface area (Å²) in [4.78, 5) is 38.5. The first kappa shape index (κ1) is 22.2. The number of rotatable bonds is 6. The van der Waals surface area contributed by atoms with Crippen LogP contribution in [0.4, 0.5) is 5.69 Å². The van der Waals surface area contributed by atoms with Gasteiger partial charge in [-0.05, 0) is 25.5 Å². The first-order valence-electron chi connectivity index (χ1n) is 10.9. The van der Waals surface area contributed by atoms with Crippen LogP contribution in [0, 0.1) is 6.92 Å². The van der Waals surface area contributed by atoms with E-state index in [1.54, 1.807) is 32.4 Å². The fourth-order valence-corrected chi connectivity index (χ4v) is 4.09. The Kier molecular flexibility index (Phi) is 6.96. The number of hydrogen-bond donors (Lipinski definition) is 1. The van der Waals surface area contributed by atoms with Crippen LogP contribution in [-0.2, 0) is 9.53 Å². The van der Waals surface area contributed by atoms with Crippen molar-refractivity contribution in [3.63, 3.8) is 0 Å². The van der Waals surface area contributed by atoms with E-state index in [2.05, 4.69) is 20.2 Å². The van der Waals surface area contributed by atoms with Gasteiger partial charge in [0.2, 0.25) is 5.91 Å². The van der Waals surface area contributed by atoms with Gasteiger partial charge in [-0.1, -0.05) is 12.1 Å². The molecule has 2 amide bonds. The quantitative estimate of drug-likeness (QED) is 0.732. The fourth-order valence-electron chi connectivity index (χ4n) is 4.09. The molecule has 2 aliphatic heterocycles. The van der Waals surface area contributed by atoms with Crippen molar-refractivity contribution in [2.24, 2.45) is 0 Å². The number of likely N-dealkylation sites (tertiary alicyclic amines) is 1. The summed E-state index contributed by atoms with van der Waals surface area (Å²) in [5.74, 6) is 1.20. The minimum atomic E-state index is -0.285. The number of hydrogen-bond acceptors (Lipinski definition) is 7. The summed E-state index contributed by atoms with van der Waals surface area (Å²) in [6.45, 7) is 6.49. The van der Waals surface area contributed by atoms with Crippen LogP contribution in [0.15, 0.2) is 30.5 Å². The Morgan fingerprint density at radius 1 is 1.22 bits per heavy atom. The molecule has 9 heteroatoms. The van der Waals surface area contributed by atoms with Crippen LogP contribution >= 0.6 is 0 Å². The van der Waals surface area contributed by atoms with Crippen LogP contribution < -0.4 is 10.1 Å². The molecule has 1 aromatic heterocycles. The molecule has 9 nitrogen and oxygen atoms in total. The Labute approximate surface area is 187 Å². The maximum atomic E-state index is 12.8. The lowest BCUT2D eigenvalue weighted by molar-refractivity contribution is -0.132. The zero-order valence-corrected chi connectivity index (χ0v) is 18.5. The highest BCUT2D eigenvalue weighted by atomic mass is 16.5. The molecule has 3 heterocycles. The van der Waals surface area contributed by atoms with Gasteiger partial charge in [-0.25, -0.2) is 9.97 Å². The molecule has 2 aliphatic rings. The fraction of sp³-hybridized carbons (Fsp3) is 0.478. The van der Waals surface area contributed by atoms with E-state index >= 15 is 0 Å². The summed E-state index contributed by atoms with van der Waals surface area (Å²) in [7, 11) is 1.56. The van der Waals surface area contributed by atoms with Gasteiger partial charge >= 0.3 is 0 Å². The van der Waals surface area contributed by atoms with Crippen LogP contribution in [0.3, 0.4) is 0 Å². The number of benzene rings is 1. The monoisotopic (exact) mass is 439 g/mol. The zero-order valence-electron chi connectivity index (χ0n) is 18.5. The number of ether oxygens (including phenoxy) is 2. The molecule has 2 aromatic rings. The van der Waals surface area contributed by atoms with E-state index in [1.807, 2.05) is 17.0 Å².